The molecule has 4 nitrogen and oxygen atoms in total. The van der Waals surface area contributed by atoms with Crippen molar-refractivity contribution in [3.8, 4) is 11.5 Å². The van der Waals surface area contributed by atoms with Crippen LogP contribution in [0.1, 0.15) is 25.8 Å². The van der Waals surface area contributed by atoms with Crippen LogP contribution < -0.4 is 15.2 Å². The predicted molar refractivity (Wildman–Crippen MR) is 74.8 cm³/mol. The molecule has 0 bridgehead atoms. The van der Waals surface area contributed by atoms with E-state index in [0.29, 0.717) is 13.2 Å². The van der Waals surface area contributed by atoms with E-state index in [4.69, 9.17) is 19.9 Å². The first-order valence-corrected chi connectivity index (χ1v) is 6.94. The van der Waals surface area contributed by atoms with Gasteiger partial charge in [-0.25, -0.2) is 0 Å². The Hall–Kier alpha value is -1.26. The van der Waals surface area contributed by atoms with Crippen molar-refractivity contribution in [2.75, 3.05) is 19.8 Å². The lowest BCUT2D eigenvalue weighted by atomic mass is 10.1. The molecule has 19 heavy (non-hydrogen) atoms. The molecule has 1 fully saturated rings. The molecule has 0 amide bonds. The molecule has 2 rings (SSSR count). The third kappa shape index (κ3) is 4.11. The number of hydrogen-bond acceptors (Lipinski definition) is 4. The highest BCUT2D eigenvalue weighted by atomic mass is 16.6. The van der Waals surface area contributed by atoms with Gasteiger partial charge in [0.25, 0.3) is 0 Å². The van der Waals surface area contributed by atoms with Gasteiger partial charge in [0.15, 0.2) is 11.5 Å². The van der Waals surface area contributed by atoms with Gasteiger partial charge < -0.3 is 19.9 Å². The molecule has 1 aromatic carbocycles. The van der Waals surface area contributed by atoms with E-state index in [9.17, 15) is 0 Å². The fourth-order valence-corrected chi connectivity index (χ4v) is 2.20. The molecule has 2 unspecified atom stereocenters. The number of hydrogen-bond donors (Lipinski definition) is 1. The summed E-state index contributed by atoms with van der Waals surface area (Å²) in [6.45, 7) is 6.03. The fourth-order valence-electron chi connectivity index (χ4n) is 2.20. The Morgan fingerprint density at radius 3 is 2.89 bits per heavy atom. The summed E-state index contributed by atoms with van der Waals surface area (Å²) < 4.78 is 16.9. The van der Waals surface area contributed by atoms with Crippen molar-refractivity contribution in [3.05, 3.63) is 23.8 Å². The van der Waals surface area contributed by atoms with E-state index in [1.54, 1.807) is 0 Å². The van der Waals surface area contributed by atoms with E-state index in [1.165, 1.54) is 5.56 Å². The third-order valence-corrected chi connectivity index (χ3v) is 3.05. The Bertz CT molecular complexity index is 400. The van der Waals surface area contributed by atoms with Crippen molar-refractivity contribution in [3.63, 3.8) is 0 Å². The first kappa shape index (κ1) is 14.2. The molecular formula is C15H23NO3. The Balaban J connectivity index is 2.11. The van der Waals surface area contributed by atoms with Crippen molar-refractivity contribution in [2.45, 2.75) is 38.8 Å². The van der Waals surface area contributed by atoms with Crippen LogP contribution in [0, 0.1) is 0 Å². The minimum Gasteiger partial charge on any atom is -0.490 e. The predicted octanol–water partition coefficient (Wildman–Crippen LogP) is 2.14. The summed E-state index contributed by atoms with van der Waals surface area (Å²) in [5, 5.41) is 0. The van der Waals surface area contributed by atoms with Crippen molar-refractivity contribution in [1.29, 1.82) is 0 Å². The molecule has 0 aromatic heterocycles. The van der Waals surface area contributed by atoms with Crippen molar-refractivity contribution < 1.29 is 14.2 Å². The van der Waals surface area contributed by atoms with Crippen LogP contribution in [0.2, 0.25) is 0 Å². The summed E-state index contributed by atoms with van der Waals surface area (Å²) in [4.78, 5) is 0. The second-order valence-electron chi connectivity index (χ2n) is 5.00. The molecule has 4 heteroatoms. The Kier molecular flexibility index (Phi) is 5.05. The molecule has 1 aromatic rings. The average Bonchev–Trinajstić information content (AvgIpc) is 2.85. The molecule has 2 N–H and O–H groups in total. The van der Waals surface area contributed by atoms with Crippen LogP contribution in [0.4, 0.5) is 0 Å². The number of nitrogens with two attached hydrogens (primary N) is 1. The maximum Gasteiger partial charge on any atom is 0.161 e. The molecule has 1 heterocycles. The van der Waals surface area contributed by atoms with Gasteiger partial charge >= 0.3 is 0 Å². The van der Waals surface area contributed by atoms with E-state index in [-0.39, 0.29) is 12.1 Å². The van der Waals surface area contributed by atoms with Gasteiger partial charge in [-0.3, -0.25) is 0 Å². The van der Waals surface area contributed by atoms with Gasteiger partial charge in [0.05, 0.1) is 19.8 Å². The van der Waals surface area contributed by atoms with Gasteiger partial charge in [0.1, 0.15) is 6.10 Å². The molecule has 1 saturated heterocycles. The van der Waals surface area contributed by atoms with Gasteiger partial charge in [0, 0.05) is 12.5 Å². The molecule has 2 atom stereocenters. The van der Waals surface area contributed by atoms with Crippen LogP contribution in [0.3, 0.4) is 0 Å². The molecular weight excluding hydrogens is 242 g/mol. The molecule has 0 spiro atoms. The first-order valence-electron chi connectivity index (χ1n) is 6.94. The minimum absolute atomic E-state index is 0.137. The maximum absolute atomic E-state index is 5.94. The SMILES string of the molecule is CCOc1cc(CC(C)N)ccc1OC1CCOC1. The highest BCUT2D eigenvalue weighted by molar-refractivity contribution is 5.43. The zero-order chi connectivity index (χ0) is 13.7. The lowest BCUT2D eigenvalue weighted by Gasteiger charge is -2.17. The Morgan fingerprint density at radius 2 is 2.26 bits per heavy atom. The van der Waals surface area contributed by atoms with Gasteiger partial charge in [-0.2, -0.15) is 0 Å². The van der Waals surface area contributed by atoms with Crippen molar-refractivity contribution >= 4 is 0 Å². The van der Waals surface area contributed by atoms with E-state index < -0.39 is 0 Å². The summed E-state index contributed by atoms with van der Waals surface area (Å²) in [6.07, 6.45) is 1.92. The molecule has 106 valence electrons. The number of rotatable bonds is 6. The first-order chi connectivity index (χ1) is 9.19. The third-order valence-electron chi connectivity index (χ3n) is 3.05. The topological polar surface area (TPSA) is 53.7 Å². The largest absolute Gasteiger partial charge is 0.490 e. The Labute approximate surface area is 114 Å². The quantitative estimate of drug-likeness (QED) is 0.856. The van der Waals surface area contributed by atoms with E-state index in [0.717, 1.165) is 30.9 Å². The molecule has 1 aliphatic rings. The zero-order valence-corrected chi connectivity index (χ0v) is 11.7. The lowest BCUT2D eigenvalue weighted by molar-refractivity contribution is 0.138. The summed E-state index contributed by atoms with van der Waals surface area (Å²) >= 11 is 0. The van der Waals surface area contributed by atoms with Gasteiger partial charge in [0.2, 0.25) is 0 Å². The summed E-state index contributed by atoms with van der Waals surface area (Å²) in [5.41, 5.74) is 7.00. The summed E-state index contributed by atoms with van der Waals surface area (Å²) in [7, 11) is 0. The second-order valence-corrected chi connectivity index (χ2v) is 5.00. The van der Waals surface area contributed by atoms with Crippen LogP contribution in [-0.2, 0) is 11.2 Å². The fraction of sp³-hybridized carbons (Fsp3) is 0.600. The number of ether oxygens (including phenoxy) is 3. The average molecular weight is 265 g/mol. The minimum atomic E-state index is 0.137. The van der Waals surface area contributed by atoms with Crippen LogP contribution in [0.5, 0.6) is 11.5 Å². The standard InChI is InChI=1S/C15H23NO3/c1-3-18-15-9-12(8-11(2)16)4-5-14(15)19-13-6-7-17-10-13/h4-5,9,11,13H,3,6-8,10,16H2,1-2H3. The van der Waals surface area contributed by atoms with Crippen LogP contribution in [-0.4, -0.2) is 32.0 Å². The van der Waals surface area contributed by atoms with Gasteiger partial charge in [-0.1, -0.05) is 6.07 Å². The molecule has 1 aliphatic heterocycles. The van der Waals surface area contributed by atoms with Crippen molar-refractivity contribution in [1.82, 2.24) is 0 Å². The monoisotopic (exact) mass is 265 g/mol. The molecule has 0 saturated carbocycles. The van der Waals surface area contributed by atoms with Crippen molar-refractivity contribution in [2.24, 2.45) is 5.73 Å². The summed E-state index contributed by atoms with van der Waals surface area (Å²) in [6, 6.07) is 6.19. The zero-order valence-electron chi connectivity index (χ0n) is 11.7. The van der Waals surface area contributed by atoms with Crippen LogP contribution in [0.15, 0.2) is 18.2 Å². The summed E-state index contributed by atoms with van der Waals surface area (Å²) in [5.74, 6) is 1.60. The second kappa shape index (κ2) is 6.78. The number of benzene rings is 1. The van der Waals surface area contributed by atoms with Crippen LogP contribution in [0.25, 0.3) is 0 Å². The van der Waals surface area contributed by atoms with Gasteiger partial charge in [-0.15, -0.1) is 0 Å². The molecule has 0 radical (unpaired) electrons. The highest BCUT2D eigenvalue weighted by Crippen LogP contribution is 2.30. The smallest absolute Gasteiger partial charge is 0.161 e. The van der Waals surface area contributed by atoms with E-state index in [2.05, 4.69) is 6.07 Å². The highest BCUT2D eigenvalue weighted by Gasteiger charge is 2.19. The Morgan fingerprint density at radius 1 is 1.42 bits per heavy atom. The normalized spacial score (nSPS) is 20.3. The maximum atomic E-state index is 5.94. The molecule has 0 aliphatic carbocycles. The van der Waals surface area contributed by atoms with Gasteiger partial charge in [-0.05, 0) is 38.0 Å². The lowest BCUT2D eigenvalue weighted by Crippen LogP contribution is -2.18. The van der Waals surface area contributed by atoms with E-state index in [1.807, 2.05) is 26.0 Å². The van der Waals surface area contributed by atoms with Crippen LogP contribution >= 0.6 is 0 Å². The van der Waals surface area contributed by atoms with E-state index >= 15 is 0 Å².